The smallest absolute Gasteiger partial charge is 0.266 e. The van der Waals surface area contributed by atoms with E-state index in [1.165, 1.54) is 19.3 Å². The summed E-state index contributed by atoms with van der Waals surface area (Å²) in [6.07, 6.45) is 3.64. The van der Waals surface area contributed by atoms with Crippen LogP contribution >= 0.6 is 0 Å². The van der Waals surface area contributed by atoms with Crippen LogP contribution in [0.4, 0.5) is 0 Å². The van der Waals surface area contributed by atoms with Gasteiger partial charge in [0.25, 0.3) is 5.91 Å². The third-order valence-electron chi connectivity index (χ3n) is 5.50. The number of hydrogen-bond acceptors (Lipinski definition) is 3. The molecule has 3 aliphatic rings. The number of rotatable bonds is 5. The molecule has 0 aliphatic carbocycles. The number of aryl methyl sites for hydroxylation is 1. The Bertz CT molecular complexity index is 614. The van der Waals surface area contributed by atoms with Gasteiger partial charge in [-0.2, -0.15) is 0 Å². The van der Waals surface area contributed by atoms with Crippen molar-refractivity contribution in [1.29, 1.82) is 0 Å². The highest BCUT2D eigenvalue weighted by Gasteiger charge is 2.41. The molecule has 0 saturated carbocycles. The predicted octanol–water partition coefficient (Wildman–Crippen LogP) is 3.49. The second-order valence-electron chi connectivity index (χ2n) is 8.23. The minimum absolute atomic E-state index is 0.115. The summed E-state index contributed by atoms with van der Waals surface area (Å²) in [6, 6.07) is 8.44. The Morgan fingerprint density at radius 3 is 2.76 bits per heavy atom. The molecule has 2 atom stereocenters. The summed E-state index contributed by atoms with van der Waals surface area (Å²) in [5, 5.41) is 0. The first-order chi connectivity index (χ1) is 11.9. The summed E-state index contributed by atoms with van der Waals surface area (Å²) in [7, 11) is 0. The lowest BCUT2D eigenvalue weighted by Crippen LogP contribution is -2.51. The minimum atomic E-state index is -0.840. The Morgan fingerprint density at radius 2 is 2.04 bits per heavy atom. The summed E-state index contributed by atoms with van der Waals surface area (Å²) in [6.45, 7) is 12.1. The highest BCUT2D eigenvalue weighted by atomic mass is 16.5. The van der Waals surface area contributed by atoms with Gasteiger partial charge < -0.3 is 9.64 Å². The van der Waals surface area contributed by atoms with Crippen molar-refractivity contribution in [2.24, 2.45) is 5.92 Å². The van der Waals surface area contributed by atoms with Crippen LogP contribution < -0.4 is 4.74 Å². The Hall–Kier alpha value is -1.55. The summed E-state index contributed by atoms with van der Waals surface area (Å²) < 4.78 is 6.10. The molecule has 4 heteroatoms. The maximum atomic E-state index is 13.2. The first-order valence-corrected chi connectivity index (χ1v) is 9.68. The SMILES string of the molecule is CCCN1C[C@H]2CC[C@@H]1CN(C(=O)C(C)(C)Oc1cccc(C)c1)C2. The molecule has 25 heavy (non-hydrogen) atoms. The second-order valence-corrected chi connectivity index (χ2v) is 8.23. The molecule has 0 radical (unpaired) electrons. The van der Waals surface area contributed by atoms with E-state index in [9.17, 15) is 4.79 Å². The quantitative estimate of drug-likeness (QED) is 0.820. The standard InChI is InChI=1S/C21H32N2O2/c1-5-11-22-13-17-9-10-18(22)15-23(14-17)20(24)21(3,4)25-19-8-6-7-16(2)12-19/h6-8,12,17-18H,5,9-11,13-15H2,1-4H3/t17-,18-/m1/s1. The highest BCUT2D eigenvalue weighted by molar-refractivity contribution is 5.85. The molecule has 3 heterocycles. The van der Waals surface area contributed by atoms with Gasteiger partial charge in [0.05, 0.1) is 0 Å². The van der Waals surface area contributed by atoms with Gasteiger partial charge in [0.1, 0.15) is 5.75 Å². The lowest BCUT2D eigenvalue weighted by molar-refractivity contribution is -0.145. The number of benzene rings is 1. The summed E-state index contributed by atoms with van der Waals surface area (Å²) in [4.78, 5) is 17.9. The fourth-order valence-electron chi connectivity index (χ4n) is 4.30. The largest absolute Gasteiger partial charge is 0.478 e. The molecule has 0 aromatic heterocycles. The third-order valence-corrected chi connectivity index (χ3v) is 5.50. The zero-order valence-electron chi connectivity index (χ0n) is 16.1. The van der Waals surface area contributed by atoms with Gasteiger partial charge in [-0.1, -0.05) is 19.1 Å². The summed E-state index contributed by atoms with van der Waals surface area (Å²) in [5.41, 5.74) is 0.302. The van der Waals surface area contributed by atoms with Crippen LogP contribution in [0.5, 0.6) is 5.75 Å². The van der Waals surface area contributed by atoms with Crippen LogP contribution in [-0.2, 0) is 4.79 Å². The van der Waals surface area contributed by atoms with Crippen molar-refractivity contribution in [3.63, 3.8) is 0 Å². The van der Waals surface area contributed by atoms with E-state index in [1.807, 2.05) is 45.0 Å². The van der Waals surface area contributed by atoms with Crippen LogP contribution in [0, 0.1) is 12.8 Å². The number of ether oxygens (including phenoxy) is 1. The van der Waals surface area contributed by atoms with E-state index in [-0.39, 0.29) is 5.91 Å². The van der Waals surface area contributed by atoms with Crippen LogP contribution in [0.2, 0.25) is 0 Å². The molecule has 3 aliphatic heterocycles. The molecule has 3 saturated heterocycles. The molecule has 0 spiro atoms. The Labute approximate surface area is 152 Å². The van der Waals surface area contributed by atoms with E-state index in [0.29, 0.717) is 12.0 Å². The molecular weight excluding hydrogens is 312 g/mol. The van der Waals surface area contributed by atoms with Gasteiger partial charge in [-0.05, 0) is 70.2 Å². The molecule has 1 aromatic carbocycles. The van der Waals surface area contributed by atoms with E-state index < -0.39 is 5.60 Å². The number of piperidine rings is 1. The Balaban J connectivity index is 1.71. The number of carbonyl (C=O) groups is 1. The first-order valence-electron chi connectivity index (χ1n) is 9.68. The zero-order valence-corrected chi connectivity index (χ0v) is 16.1. The second kappa shape index (κ2) is 7.36. The fourth-order valence-corrected chi connectivity index (χ4v) is 4.30. The fraction of sp³-hybridized carbons (Fsp3) is 0.667. The predicted molar refractivity (Wildman–Crippen MR) is 101 cm³/mol. The van der Waals surface area contributed by atoms with E-state index in [0.717, 1.165) is 37.5 Å². The van der Waals surface area contributed by atoms with E-state index in [1.54, 1.807) is 0 Å². The topological polar surface area (TPSA) is 32.8 Å². The zero-order chi connectivity index (χ0) is 18.0. The number of nitrogens with zero attached hydrogens (tertiary/aromatic N) is 2. The first kappa shape index (κ1) is 18.2. The maximum Gasteiger partial charge on any atom is 0.266 e. The van der Waals surface area contributed by atoms with Crippen molar-refractivity contribution < 1.29 is 9.53 Å². The number of amides is 1. The molecule has 1 amide bonds. The van der Waals surface area contributed by atoms with E-state index >= 15 is 0 Å². The summed E-state index contributed by atoms with van der Waals surface area (Å²) in [5.74, 6) is 1.48. The molecule has 138 valence electrons. The molecule has 4 rings (SSSR count). The maximum absolute atomic E-state index is 13.2. The number of carbonyl (C=O) groups excluding carboxylic acids is 1. The molecule has 2 bridgehead atoms. The van der Waals surface area contributed by atoms with Crippen molar-refractivity contribution in [2.45, 2.75) is 58.6 Å². The van der Waals surface area contributed by atoms with Crippen molar-refractivity contribution in [3.8, 4) is 5.75 Å². The number of hydrogen-bond donors (Lipinski definition) is 0. The van der Waals surface area contributed by atoms with Gasteiger partial charge in [0, 0.05) is 25.7 Å². The average molecular weight is 344 g/mol. The van der Waals surface area contributed by atoms with Gasteiger partial charge in [-0.25, -0.2) is 0 Å². The van der Waals surface area contributed by atoms with E-state index in [2.05, 4.69) is 16.7 Å². The number of fused-ring (bicyclic) bond motifs is 4. The molecule has 1 aromatic rings. The van der Waals surface area contributed by atoms with Crippen LogP contribution in [0.25, 0.3) is 0 Å². The van der Waals surface area contributed by atoms with Gasteiger partial charge in [-0.15, -0.1) is 0 Å². The molecule has 0 unspecified atom stereocenters. The van der Waals surface area contributed by atoms with Gasteiger partial charge >= 0.3 is 0 Å². The van der Waals surface area contributed by atoms with Crippen molar-refractivity contribution in [3.05, 3.63) is 29.8 Å². The van der Waals surface area contributed by atoms with E-state index in [4.69, 9.17) is 4.74 Å². The van der Waals surface area contributed by atoms with Crippen LogP contribution in [0.1, 0.15) is 45.6 Å². The van der Waals surface area contributed by atoms with Crippen LogP contribution in [-0.4, -0.2) is 53.5 Å². The van der Waals surface area contributed by atoms with Gasteiger partial charge in [0.15, 0.2) is 5.60 Å². The lowest BCUT2D eigenvalue weighted by atomic mass is 9.95. The minimum Gasteiger partial charge on any atom is -0.478 e. The Kier molecular flexibility index (Phi) is 5.38. The lowest BCUT2D eigenvalue weighted by Gasteiger charge is -2.36. The van der Waals surface area contributed by atoms with Gasteiger partial charge in [-0.3, -0.25) is 9.69 Å². The molecule has 3 fully saturated rings. The van der Waals surface area contributed by atoms with Crippen molar-refractivity contribution >= 4 is 5.91 Å². The normalized spacial score (nSPS) is 24.2. The van der Waals surface area contributed by atoms with Crippen LogP contribution in [0.3, 0.4) is 0 Å². The molecule has 4 nitrogen and oxygen atoms in total. The van der Waals surface area contributed by atoms with Crippen LogP contribution in [0.15, 0.2) is 24.3 Å². The molecule has 0 N–H and O–H groups in total. The molecular formula is C21H32N2O2. The van der Waals surface area contributed by atoms with Crippen molar-refractivity contribution in [2.75, 3.05) is 26.2 Å². The highest BCUT2D eigenvalue weighted by Crippen LogP contribution is 2.30. The summed E-state index contributed by atoms with van der Waals surface area (Å²) >= 11 is 0. The Morgan fingerprint density at radius 1 is 1.24 bits per heavy atom. The van der Waals surface area contributed by atoms with Gasteiger partial charge in [0.2, 0.25) is 0 Å². The monoisotopic (exact) mass is 344 g/mol. The third kappa shape index (κ3) is 4.17. The average Bonchev–Trinajstić information content (AvgIpc) is 2.85. The van der Waals surface area contributed by atoms with Crippen molar-refractivity contribution in [1.82, 2.24) is 9.80 Å².